The van der Waals surface area contributed by atoms with Crippen molar-refractivity contribution in [3.05, 3.63) is 32.9 Å². The minimum atomic E-state index is -1.12. The molecule has 2 amide bonds. The van der Waals surface area contributed by atoms with Gasteiger partial charge in [0.25, 0.3) is 0 Å². The van der Waals surface area contributed by atoms with Crippen molar-refractivity contribution in [2.24, 2.45) is 0 Å². The lowest BCUT2D eigenvalue weighted by atomic mass is 9.87. The van der Waals surface area contributed by atoms with Crippen LogP contribution in [0.15, 0.2) is 23.8 Å². The van der Waals surface area contributed by atoms with E-state index in [4.69, 9.17) is 14.2 Å². The maximum absolute atomic E-state index is 13.2. The van der Waals surface area contributed by atoms with Gasteiger partial charge in [0, 0.05) is 32.2 Å². The number of rotatable bonds is 16. The number of hydrogen-bond acceptors (Lipinski definition) is 8. The molecule has 0 aromatic heterocycles. The van der Waals surface area contributed by atoms with Crippen LogP contribution in [0.5, 0.6) is 11.5 Å². The molecule has 0 spiro atoms. The van der Waals surface area contributed by atoms with Crippen LogP contribution in [0.2, 0.25) is 0 Å². The number of aliphatic hydroxyl groups is 3. The van der Waals surface area contributed by atoms with Gasteiger partial charge in [-0.3, -0.25) is 9.59 Å². The van der Waals surface area contributed by atoms with Crippen molar-refractivity contribution < 1.29 is 39.1 Å². The molecule has 0 unspecified atom stereocenters. The van der Waals surface area contributed by atoms with E-state index in [9.17, 15) is 24.9 Å². The number of nitrogens with zero attached hydrogens (tertiary/aromatic N) is 1. The first-order chi connectivity index (χ1) is 18.3. The van der Waals surface area contributed by atoms with E-state index >= 15 is 0 Å². The Hall–Kier alpha value is -1.93. The van der Waals surface area contributed by atoms with Gasteiger partial charge < -0.3 is 39.7 Å². The highest BCUT2D eigenvalue weighted by atomic mass is 127. The van der Waals surface area contributed by atoms with Gasteiger partial charge in [0.1, 0.15) is 12.2 Å². The Morgan fingerprint density at radius 2 is 1.95 bits per heavy atom. The minimum absolute atomic E-state index is 0.0801. The maximum atomic E-state index is 13.2. The largest absolute Gasteiger partial charge is 0.493 e. The minimum Gasteiger partial charge on any atom is -0.493 e. The molecule has 0 fully saturated rings. The molecule has 0 saturated carbocycles. The molecule has 1 aromatic carbocycles. The van der Waals surface area contributed by atoms with E-state index in [0.29, 0.717) is 32.8 Å². The second-order valence-corrected chi connectivity index (χ2v) is 10.3. The van der Waals surface area contributed by atoms with E-state index in [-0.39, 0.29) is 45.1 Å². The lowest BCUT2D eigenvalue weighted by Crippen LogP contribution is -2.55. The Morgan fingerprint density at radius 1 is 1.18 bits per heavy atom. The number of halogens is 1. The molecule has 1 aliphatic rings. The Kier molecular flexibility index (Phi) is 14.4. The van der Waals surface area contributed by atoms with Crippen molar-refractivity contribution in [1.29, 1.82) is 0 Å². The molecule has 0 heterocycles. The molecule has 0 radical (unpaired) electrons. The van der Waals surface area contributed by atoms with E-state index in [1.165, 1.54) is 14.2 Å². The highest BCUT2D eigenvalue weighted by Crippen LogP contribution is 2.37. The monoisotopic (exact) mass is 648 g/mol. The predicted molar refractivity (Wildman–Crippen MR) is 151 cm³/mol. The number of unbranched alkanes of at least 4 members (excludes halogenated alkanes) is 3. The summed E-state index contributed by atoms with van der Waals surface area (Å²) in [5.41, 5.74) is 1.00. The van der Waals surface area contributed by atoms with E-state index in [1.807, 2.05) is 0 Å². The molecule has 0 aliphatic heterocycles. The maximum Gasteiger partial charge on any atom is 0.247 e. The number of hydrogen-bond donors (Lipinski definition) is 4. The van der Waals surface area contributed by atoms with Crippen molar-refractivity contribution in [3.8, 4) is 11.5 Å². The van der Waals surface area contributed by atoms with Crippen LogP contribution in [-0.2, 0) is 20.9 Å². The Balaban J connectivity index is 2.45. The van der Waals surface area contributed by atoms with Crippen LogP contribution >= 0.6 is 22.6 Å². The van der Waals surface area contributed by atoms with Crippen LogP contribution in [0.25, 0.3) is 0 Å². The Morgan fingerprint density at radius 3 is 2.58 bits per heavy atom. The van der Waals surface area contributed by atoms with Gasteiger partial charge in [-0.05, 0) is 52.8 Å². The summed E-state index contributed by atoms with van der Waals surface area (Å²) in [4.78, 5) is 27.8. The summed E-state index contributed by atoms with van der Waals surface area (Å²) >= 11 is 2.07. The Labute approximate surface area is 238 Å². The molecule has 38 heavy (non-hydrogen) atoms. The third-order valence-electron chi connectivity index (χ3n) is 6.43. The number of benzene rings is 1. The molecule has 1 aliphatic carbocycles. The van der Waals surface area contributed by atoms with Crippen LogP contribution in [0.1, 0.15) is 51.0 Å². The zero-order valence-electron chi connectivity index (χ0n) is 22.5. The van der Waals surface area contributed by atoms with Gasteiger partial charge in [-0.2, -0.15) is 0 Å². The zero-order chi connectivity index (χ0) is 28.1. The number of aliphatic hydroxyl groups excluding tert-OH is 3. The number of methoxy groups -OCH3 is 2. The molecule has 214 valence electrons. The van der Waals surface area contributed by atoms with Crippen molar-refractivity contribution >= 4 is 34.4 Å². The number of ether oxygens (including phenoxy) is 3. The molecular formula is C27H41IN2O8. The van der Waals surface area contributed by atoms with Gasteiger partial charge in [0.2, 0.25) is 11.8 Å². The number of carbonyl (C=O) groups excluding carboxylic acids is 2. The zero-order valence-corrected chi connectivity index (χ0v) is 24.6. The second-order valence-electron chi connectivity index (χ2n) is 9.17. The normalized spacial score (nSPS) is 19.0. The van der Waals surface area contributed by atoms with Crippen molar-refractivity contribution in [2.75, 3.05) is 40.5 Å². The van der Waals surface area contributed by atoms with Crippen LogP contribution in [0.4, 0.5) is 0 Å². The molecule has 0 saturated heterocycles. The SMILES string of the molecule is CCCCCCN(C(=O)CCOC)[C@@H]1CC(C(=O)NCCO)=C[C@H](Oc2c(I)cc(CO)cc2OC)[C@H]1O. The van der Waals surface area contributed by atoms with Gasteiger partial charge >= 0.3 is 0 Å². The van der Waals surface area contributed by atoms with E-state index in [0.717, 1.165) is 25.7 Å². The summed E-state index contributed by atoms with van der Waals surface area (Å²) < 4.78 is 17.5. The lowest BCUT2D eigenvalue weighted by Gasteiger charge is -2.41. The summed E-state index contributed by atoms with van der Waals surface area (Å²) in [7, 11) is 3.01. The summed E-state index contributed by atoms with van der Waals surface area (Å²) in [5, 5.41) is 32.9. The van der Waals surface area contributed by atoms with E-state index in [2.05, 4.69) is 34.8 Å². The fourth-order valence-corrected chi connectivity index (χ4v) is 5.20. The third-order valence-corrected chi connectivity index (χ3v) is 7.23. The van der Waals surface area contributed by atoms with Crippen LogP contribution < -0.4 is 14.8 Å². The summed E-state index contributed by atoms with van der Waals surface area (Å²) in [6, 6.07) is 2.70. The average Bonchev–Trinajstić information content (AvgIpc) is 2.92. The molecule has 11 heteroatoms. The second kappa shape index (κ2) is 16.9. The predicted octanol–water partition coefficient (Wildman–Crippen LogP) is 2.15. The number of amides is 2. The van der Waals surface area contributed by atoms with Crippen molar-refractivity contribution in [1.82, 2.24) is 10.2 Å². The molecule has 3 atom stereocenters. The van der Waals surface area contributed by atoms with Gasteiger partial charge in [-0.15, -0.1) is 0 Å². The molecule has 2 rings (SSSR count). The van der Waals surface area contributed by atoms with Crippen LogP contribution in [0.3, 0.4) is 0 Å². The fourth-order valence-electron chi connectivity index (χ4n) is 4.41. The van der Waals surface area contributed by atoms with Crippen molar-refractivity contribution in [3.63, 3.8) is 0 Å². The number of carbonyl (C=O) groups is 2. The van der Waals surface area contributed by atoms with Gasteiger partial charge in [0.15, 0.2) is 11.5 Å². The fraction of sp³-hybridized carbons (Fsp3) is 0.630. The van der Waals surface area contributed by atoms with Gasteiger partial charge in [-0.1, -0.05) is 26.2 Å². The quantitative estimate of drug-likeness (QED) is 0.158. The standard InChI is InChI=1S/C27H41IN2O8/c1-4-5-6-7-10-30(24(33)8-12-36-2)21-15-19(27(35)29-9-11-31)16-22(25(21)34)38-26-20(28)13-18(17-32)14-23(26)37-3/h13-14,16,21-22,25,31-32,34H,4-12,15,17H2,1-3H3,(H,29,35)/t21-,22+,25+/m1/s1. The summed E-state index contributed by atoms with van der Waals surface area (Å²) in [5.74, 6) is 0.184. The highest BCUT2D eigenvalue weighted by molar-refractivity contribution is 14.1. The average molecular weight is 649 g/mol. The Bertz CT molecular complexity index is 942. The number of nitrogens with one attached hydrogen (secondary N) is 1. The molecule has 1 aromatic rings. The molecule has 0 bridgehead atoms. The summed E-state index contributed by atoms with van der Waals surface area (Å²) in [6.07, 6.45) is 3.58. The first-order valence-corrected chi connectivity index (χ1v) is 14.1. The van der Waals surface area contributed by atoms with E-state index in [1.54, 1.807) is 23.1 Å². The highest BCUT2D eigenvalue weighted by Gasteiger charge is 2.40. The van der Waals surface area contributed by atoms with Gasteiger partial charge in [-0.25, -0.2) is 0 Å². The molecule has 4 N–H and O–H groups in total. The molecule has 10 nitrogen and oxygen atoms in total. The van der Waals surface area contributed by atoms with Crippen LogP contribution in [-0.4, -0.2) is 90.8 Å². The smallest absolute Gasteiger partial charge is 0.247 e. The first kappa shape index (κ1) is 32.3. The van der Waals surface area contributed by atoms with E-state index < -0.39 is 24.2 Å². The first-order valence-electron chi connectivity index (χ1n) is 13.0. The summed E-state index contributed by atoms with van der Waals surface area (Å²) in [6.45, 7) is 2.49. The van der Waals surface area contributed by atoms with Crippen LogP contribution in [0, 0.1) is 3.57 Å². The molecular weight excluding hydrogens is 607 g/mol. The van der Waals surface area contributed by atoms with Crippen molar-refractivity contribution in [2.45, 2.75) is 70.3 Å². The third kappa shape index (κ3) is 9.08. The lowest BCUT2D eigenvalue weighted by molar-refractivity contribution is -0.139. The topological polar surface area (TPSA) is 138 Å². The van der Waals surface area contributed by atoms with Gasteiger partial charge in [0.05, 0.1) is 43.0 Å².